The fourth-order valence-corrected chi connectivity index (χ4v) is 2.14. The number of hydrogen-bond donors (Lipinski definition) is 2. The van der Waals surface area contributed by atoms with Crippen molar-refractivity contribution in [3.63, 3.8) is 0 Å². The van der Waals surface area contributed by atoms with E-state index >= 15 is 0 Å². The molecule has 1 aromatic carbocycles. The van der Waals surface area contributed by atoms with Crippen molar-refractivity contribution in [1.29, 1.82) is 0 Å². The van der Waals surface area contributed by atoms with Crippen molar-refractivity contribution in [2.24, 2.45) is 5.73 Å². The summed E-state index contributed by atoms with van der Waals surface area (Å²) in [7, 11) is 0. The highest BCUT2D eigenvalue weighted by molar-refractivity contribution is 9.10. The lowest BCUT2D eigenvalue weighted by Crippen LogP contribution is -2.28. The standard InChI is InChI=1S/C10H11BrN2O2/c11-8-2-1-7(14)4-9(8)13-5-6(12)3-10(13)15/h1-2,4,6,14H,3,5,12H2. The maximum atomic E-state index is 11.6. The predicted octanol–water partition coefficient (Wildman–Crippen LogP) is 1.22. The van der Waals surface area contributed by atoms with Crippen LogP contribution in [0.4, 0.5) is 5.69 Å². The molecule has 1 atom stereocenters. The molecule has 2 rings (SSSR count). The number of phenolic OH excluding ortho intramolecular Hbond substituents is 1. The van der Waals surface area contributed by atoms with E-state index in [0.717, 1.165) is 4.47 Å². The van der Waals surface area contributed by atoms with Crippen LogP contribution in [0.3, 0.4) is 0 Å². The second-order valence-corrected chi connectivity index (χ2v) is 4.46. The maximum absolute atomic E-state index is 11.6. The zero-order valence-electron chi connectivity index (χ0n) is 7.98. The molecule has 1 saturated heterocycles. The minimum absolute atomic E-state index is 0.00574. The Morgan fingerprint density at radius 3 is 2.87 bits per heavy atom. The molecule has 4 nitrogen and oxygen atoms in total. The van der Waals surface area contributed by atoms with Gasteiger partial charge in [0, 0.05) is 29.5 Å². The summed E-state index contributed by atoms with van der Waals surface area (Å²) in [5.41, 5.74) is 6.37. The summed E-state index contributed by atoms with van der Waals surface area (Å²) in [6, 6.07) is 4.71. The zero-order chi connectivity index (χ0) is 11.0. The topological polar surface area (TPSA) is 66.6 Å². The minimum Gasteiger partial charge on any atom is -0.508 e. The number of rotatable bonds is 1. The molecular weight excluding hydrogens is 260 g/mol. The first-order valence-corrected chi connectivity index (χ1v) is 5.41. The fraction of sp³-hybridized carbons (Fsp3) is 0.300. The summed E-state index contributed by atoms with van der Waals surface area (Å²) in [6.45, 7) is 0.501. The van der Waals surface area contributed by atoms with Crippen molar-refractivity contribution in [2.75, 3.05) is 11.4 Å². The van der Waals surface area contributed by atoms with E-state index in [4.69, 9.17) is 5.73 Å². The number of carbonyl (C=O) groups is 1. The number of nitrogens with two attached hydrogens (primary N) is 1. The van der Waals surface area contributed by atoms with E-state index < -0.39 is 0 Å². The Morgan fingerprint density at radius 1 is 1.53 bits per heavy atom. The maximum Gasteiger partial charge on any atom is 0.228 e. The minimum atomic E-state index is -0.119. The van der Waals surface area contributed by atoms with Crippen molar-refractivity contribution < 1.29 is 9.90 Å². The van der Waals surface area contributed by atoms with Gasteiger partial charge in [-0.3, -0.25) is 4.79 Å². The Balaban J connectivity index is 2.37. The van der Waals surface area contributed by atoms with Crippen LogP contribution < -0.4 is 10.6 Å². The van der Waals surface area contributed by atoms with Crippen LogP contribution in [0.1, 0.15) is 6.42 Å². The van der Waals surface area contributed by atoms with Gasteiger partial charge in [-0.05, 0) is 28.1 Å². The molecule has 1 aliphatic rings. The smallest absolute Gasteiger partial charge is 0.228 e. The molecule has 5 heteroatoms. The van der Waals surface area contributed by atoms with Crippen molar-refractivity contribution in [3.8, 4) is 5.75 Å². The molecule has 0 aliphatic carbocycles. The average molecular weight is 271 g/mol. The Morgan fingerprint density at radius 2 is 2.27 bits per heavy atom. The number of anilines is 1. The molecule has 0 saturated carbocycles. The number of amides is 1. The molecular formula is C10H11BrN2O2. The highest BCUT2D eigenvalue weighted by Crippen LogP contribution is 2.32. The first-order chi connectivity index (χ1) is 7.08. The van der Waals surface area contributed by atoms with E-state index in [1.165, 1.54) is 0 Å². The van der Waals surface area contributed by atoms with Crippen LogP contribution in [0.5, 0.6) is 5.75 Å². The summed E-state index contributed by atoms with van der Waals surface area (Å²) in [6.07, 6.45) is 0.363. The fourth-order valence-electron chi connectivity index (χ4n) is 1.68. The molecule has 1 unspecified atom stereocenters. The number of hydrogen-bond acceptors (Lipinski definition) is 3. The van der Waals surface area contributed by atoms with E-state index in [1.807, 2.05) is 0 Å². The first-order valence-electron chi connectivity index (χ1n) is 4.62. The molecule has 1 aliphatic heterocycles. The lowest BCUT2D eigenvalue weighted by Gasteiger charge is -2.17. The van der Waals surface area contributed by atoms with Gasteiger partial charge < -0.3 is 15.7 Å². The zero-order valence-corrected chi connectivity index (χ0v) is 9.57. The molecule has 15 heavy (non-hydrogen) atoms. The number of aromatic hydroxyl groups is 1. The number of phenols is 1. The first kappa shape index (κ1) is 10.4. The van der Waals surface area contributed by atoms with Crippen LogP contribution in [-0.2, 0) is 4.79 Å². The summed E-state index contributed by atoms with van der Waals surface area (Å²) in [4.78, 5) is 13.2. The molecule has 80 valence electrons. The Bertz CT molecular complexity index is 408. The quantitative estimate of drug-likeness (QED) is 0.807. The van der Waals surface area contributed by atoms with E-state index in [2.05, 4.69) is 15.9 Å². The molecule has 3 N–H and O–H groups in total. The van der Waals surface area contributed by atoms with Gasteiger partial charge in [0.1, 0.15) is 5.75 Å². The molecule has 0 radical (unpaired) electrons. The van der Waals surface area contributed by atoms with E-state index in [0.29, 0.717) is 18.7 Å². The normalized spacial score (nSPS) is 21.1. The van der Waals surface area contributed by atoms with Crippen molar-refractivity contribution in [3.05, 3.63) is 22.7 Å². The van der Waals surface area contributed by atoms with Gasteiger partial charge in [-0.1, -0.05) is 0 Å². The molecule has 1 heterocycles. The molecule has 0 aromatic heterocycles. The Hall–Kier alpha value is -1.07. The SMILES string of the molecule is NC1CC(=O)N(c2cc(O)ccc2Br)C1. The highest BCUT2D eigenvalue weighted by Gasteiger charge is 2.29. The third-order valence-corrected chi connectivity index (χ3v) is 3.05. The van der Waals surface area contributed by atoms with Crippen LogP contribution in [0.15, 0.2) is 22.7 Å². The highest BCUT2D eigenvalue weighted by atomic mass is 79.9. The van der Waals surface area contributed by atoms with Crippen LogP contribution in [-0.4, -0.2) is 23.6 Å². The molecule has 1 aromatic rings. The predicted molar refractivity (Wildman–Crippen MR) is 60.8 cm³/mol. The van der Waals surface area contributed by atoms with Crippen molar-refractivity contribution >= 4 is 27.5 Å². The van der Waals surface area contributed by atoms with Gasteiger partial charge in [0.25, 0.3) is 0 Å². The Kier molecular flexibility index (Phi) is 2.67. The molecule has 0 spiro atoms. The van der Waals surface area contributed by atoms with E-state index in [-0.39, 0.29) is 17.7 Å². The molecule has 1 fully saturated rings. The average Bonchev–Trinajstić information content (AvgIpc) is 2.50. The van der Waals surface area contributed by atoms with Crippen LogP contribution in [0, 0.1) is 0 Å². The summed E-state index contributed by atoms with van der Waals surface area (Å²) < 4.78 is 0.780. The number of carbonyl (C=O) groups excluding carboxylic acids is 1. The third kappa shape index (κ3) is 1.98. The third-order valence-electron chi connectivity index (χ3n) is 2.38. The lowest BCUT2D eigenvalue weighted by molar-refractivity contribution is -0.117. The number of halogens is 1. The van der Waals surface area contributed by atoms with Gasteiger partial charge in [-0.2, -0.15) is 0 Å². The van der Waals surface area contributed by atoms with Gasteiger partial charge in [-0.25, -0.2) is 0 Å². The van der Waals surface area contributed by atoms with Gasteiger partial charge >= 0.3 is 0 Å². The summed E-state index contributed by atoms with van der Waals surface area (Å²) in [5, 5.41) is 9.36. The largest absolute Gasteiger partial charge is 0.508 e. The van der Waals surface area contributed by atoms with Gasteiger partial charge in [0.15, 0.2) is 0 Å². The van der Waals surface area contributed by atoms with Crippen LogP contribution in [0.25, 0.3) is 0 Å². The number of benzene rings is 1. The van der Waals surface area contributed by atoms with Crippen LogP contribution in [0.2, 0.25) is 0 Å². The van der Waals surface area contributed by atoms with Crippen molar-refractivity contribution in [1.82, 2.24) is 0 Å². The summed E-state index contributed by atoms with van der Waals surface area (Å²) >= 11 is 3.34. The van der Waals surface area contributed by atoms with E-state index in [1.54, 1.807) is 23.1 Å². The monoisotopic (exact) mass is 270 g/mol. The Labute approximate surface area is 95.8 Å². The van der Waals surface area contributed by atoms with E-state index in [9.17, 15) is 9.90 Å². The summed E-state index contributed by atoms with van der Waals surface area (Å²) in [5.74, 6) is 0.135. The van der Waals surface area contributed by atoms with Gasteiger partial charge in [-0.15, -0.1) is 0 Å². The van der Waals surface area contributed by atoms with Gasteiger partial charge in [0.05, 0.1) is 5.69 Å². The second kappa shape index (κ2) is 3.83. The van der Waals surface area contributed by atoms with Crippen LogP contribution >= 0.6 is 15.9 Å². The number of nitrogens with zero attached hydrogens (tertiary/aromatic N) is 1. The molecule has 1 amide bonds. The van der Waals surface area contributed by atoms with Gasteiger partial charge in [0.2, 0.25) is 5.91 Å². The van der Waals surface area contributed by atoms with Crippen molar-refractivity contribution in [2.45, 2.75) is 12.5 Å². The molecule has 0 bridgehead atoms. The lowest BCUT2D eigenvalue weighted by atomic mass is 10.3. The second-order valence-electron chi connectivity index (χ2n) is 3.60.